The summed E-state index contributed by atoms with van der Waals surface area (Å²) < 4.78 is 5.79. The smallest absolute Gasteiger partial charge is 0.0727 e. The Hall–Kier alpha value is -0.0800. The first-order valence-electron chi connectivity index (χ1n) is 5.50. The van der Waals surface area contributed by atoms with Gasteiger partial charge in [-0.1, -0.05) is 13.8 Å². The molecule has 2 aliphatic rings. The molecular formula is C11H21NO. The molecule has 2 fully saturated rings. The second-order valence-electron chi connectivity index (χ2n) is 5.31. The number of hydrogen-bond donors (Lipinski definition) is 1. The lowest BCUT2D eigenvalue weighted by atomic mass is 9.79. The van der Waals surface area contributed by atoms with Gasteiger partial charge in [0.1, 0.15) is 0 Å². The number of fused-ring (bicyclic) bond motifs is 1. The summed E-state index contributed by atoms with van der Waals surface area (Å²) >= 11 is 0. The molecule has 2 saturated heterocycles. The van der Waals surface area contributed by atoms with Crippen LogP contribution in [0, 0.1) is 11.3 Å². The molecule has 76 valence electrons. The summed E-state index contributed by atoms with van der Waals surface area (Å²) in [4.78, 5) is 0. The van der Waals surface area contributed by atoms with Gasteiger partial charge in [-0.15, -0.1) is 0 Å². The molecule has 2 unspecified atom stereocenters. The Morgan fingerprint density at radius 1 is 1.38 bits per heavy atom. The quantitative estimate of drug-likeness (QED) is 0.618. The average molecular weight is 183 g/mol. The van der Waals surface area contributed by atoms with Crippen molar-refractivity contribution in [1.29, 1.82) is 0 Å². The van der Waals surface area contributed by atoms with Gasteiger partial charge >= 0.3 is 0 Å². The van der Waals surface area contributed by atoms with E-state index in [1.807, 2.05) is 0 Å². The lowest BCUT2D eigenvalue weighted by molar-refractivity contribution is -0.0273. The van der Waals surface area contributed by atoms with Crippen molar-refractivity contribution < 1.29 is 4.74 Å². The molecule has 0 amide bonds. The van der Waals surface area contributed by atoms with Gasteiger partial charge in [0.05, 0.1) is 6.10 Å². The second kappa shape index (κ2) is 3.58. The maximum Gasteiger partial charge on any atom is 0.0727 e. The van der Waals surface area contributed by atoms with Gasteiger partial charge in [-0.05, 0) is 30.6 Å². The van der Waals surface area contributed by atoms with Gasteiger partial charge < -0.3 is 10.1 Å². The molecule has 0 aromatic rings. The fraction of sp³-hybridized carbons (Fsp3) is 1.00. The zero-order valence-electron chi connectivity index (χ0n) is 8.81. The first-order chi connectivity index (χ1) is 6.17. The molecule has 0 spiro atoms. The number of ether oxygens (including phenoxy) is 1. The Balaban J connectivity index is 2.03. The molecule has 13 heavy (non-hydrogen) atoms. The van der Waals surface area contributed by atoms with E-state index in [-0.39, 0.29) is 0 Å². The highest BCUT2D eigenvalue weighted by molar-refractivity contribution is 4.87. The molecular weight excluding hydrogens is 162 g/mol. The number of nitrogens with one attached hydrogen (secondary N) is 1. The molecule has 1 N–H and O–H groups in total. The van der Waals surface area contributed by atoms with E-state index in [2.05, 4.69) is 19.2 Å². The molecule has 2 rings (SSSR count). The first-order valence-corrected chi connectivity index (χ1v) is 5.50. The highest BCUT2D eigenvalue weighted by Crippen LogP contribution is 2.34. The molecule has 0 bridgehead atoms. The van der Waals surface area contributed by atoms with Gasteiger partial charge in [0.15, 0.2) is 0 Å². The minimum Gasteiger partial charge on any atom is -0.377 e. The van der Waals surface area contributed by atoms with E-state index < -0.39 is 0 Å². The minimum atomic E-state index is 0.458. The van der Waals surface area contributed by atoms with Gasteiger partial charge in [-0.25, -0.2) is 0 Å². The summed E-state index contributed by atoms with van der Waals surface area (Å²) in [7, 11) is 0. The molecule has 2 heterocycles. The number of rotatable bonds is 0. The van der Waals surface area contributed by atoms with Crippen molar-refractivity contribution in [3.63, 3.8) is 0 Å². The second-order valence-corrected chi connectivity index (χ2v) is 5.31. The summed E-state index contributed by atoms with van der Waals surface area (Å²) in [5, 5.41) is 3.51. The molecule has 2 aliphatic heterocycles. The third-order valence-electron chi connectivity index (χ3n) is 3.34. The highest BCUT2D eigenvalue weighted by Gasteiger charge is 2.34. The van der Waals surface area contributed by atoms with Crippen LogP contribution in [0.3, 0.4) is 0 Å². The summed E-state index contributed by atoms with van der Waals surface area (Å²) in [5.74, 6) is 0.804. The van der Waals surface area contributed by atoms with Crippen molar-refractivity contribution in [2.75, 3.05) is 19.7 Å². The molecule has 2 atom stereocenters. The van der Waals surface area contributed by atoms with Gasteiger partial charge in [-0.2, -0.15) is 0 Å². The molecule has 0 aromatic carbocycles. The standard InChI is InChI=1S/C11H21NO/c1-11(2)6-9-4-3-5-13-10(9)7-12-8-11/h9-10,12H,3-8H2,1-2H3. The van der Waals surface area contributed by atoms with Crippen molar-refractivity contribution in [2.24, 2.45) is 11.3 Å². The maximum absolute atomic E-state index is 5.79. The molecule has 0 aromatic heterocycles. The fourth-order valence-electron chi connectivity index (χ4n) is 2.70. The van der Waals surface area contributed by atoms with Crippen LogP contribution in [0.1, 0.15) is 33.1 Å². The highest BCUT2D eigenvalue weighted by atomic mass is 16.5. The Labute approximate surface area is 81.0 Å². The van der Waals surface area contributed by atoms with Crippen molar-refractivity contribution in [3.05, 3.63) is 0 Å². The van der Waals surface area contributed by atoms with E-state index in [1.165, 1.54) is 19.3 Å². The first kappa shape index (κ1) is 9.47. The summed E-state index contributed by atoms with van der Waals surface area (Å²) in [6.07, 6.45) is 4.45. The van der Waals surface area contributed by atoms with Crippen LogP contribution in [0.4, 0.5) is 0 Å². The van der Waals surface area contributed by atoms with Crippen molar-refractivity contribution in [3.8, 4) is 0 Å². The van der Waals surface area contributed by atoms with Gasteiger partial charge in [0.2, 0.25) is 0 Å². The third kappa shape index (κ3) is 2.23. The number of hydrogen-bond acceptors (Lipinski definition) is 2. The molecule has 2 nitrogen and oxygen atoms in total. The van der Waals surface area contributed by atoms with E-state index in [4.69, 9.17) is 4.74 Å². The lowest BCUT2D eigenvalue weighted by Crippen LogP contribution is -2.35. The molecule has 0 radical (unpaired) electrons. The topological polar surface area (TPSA) is 21.3 Å². The largest absolute Gasteiger partial charge is 0.377 e. The monoisotopic (exact) mass is 183 g/mol. The summed E-state index contributed by atoms with van der Waals surface area (Å²) in [6.45, 7) is 7.90. The Morgan fingerprint density at radius 2 is 2.23 bits per heavy atom. The van der Waals surface area contributed by atoms with Crippen LogP contribution in [0.15, 0.2) is 0 Å². The van der Waals surface area contributed by atoms with Gasteiger partial charge in [-0.3, -0.25) is 0 Å². The Kier molecular flexibility index (Phi) is 2.61. The predicted molar refractivity (Wildman–Crippen MR) is 53.7 cm³/mol. The Morgan fingerprint density at radius 3 is 3.08 bits per heavy atom. The van der Waals surface area contributed by atoms with Crippen LogP contribution < -0.4 is 5.32 Å². The van der Waals surface area contributed by atoms with Crippen LogP contribution in [0.2, 0.25) is 0 Å². The lowest BCUT2D eigenvalue weighted by Gasteiger charge is -2.32. The molecule has 2 heteroatoms. The van der Waals surface area contributed by atoms with Gasteiger partial charge in [0.25, 0.3) is 0 Å². The summed E-state index contributed by atoms with van der Waals surface area (Å²) in [6, 6.07) is 0. The van der Waals surface area contributed by atoms with Crippen molar-refractivity contribution in [1.82, 2.24) is 5.32 Å². The zero-order valence-corrected chi connectivity index (χ0v) is 8.81. The molecule has 0 saturated carbocycles. The fourth-order valence-corrected chi connectivity index (χ4v) is 2.70. The van der Waals surface area contributed by atoms with E-state index in [9.17, 15) is 0 Å². The van der Waals surface area contributed by atoms with Crippen LogP contribution >= 0.6 is 0 Å². The Bertz CT molecular complexity index is 179. The van der Waals surface area contributed by atoms with Crippen LogP contribution in [0.25, 0.3) is 0 Å². The van der Waals surface area contributed by atoms with E-state index >= 15 is 0 Å². The van der Waals surface area contributed by atoms with Crippen LogP contribution in [-0.2, 0) is 4.74 Å². The third-order valence-corrected chi connectivity index (χ3v) is 3.34. The maximum atomic E-state index is 5.79. The predicted octanol–water partition coefficient (Wildman–Crippen LogP) is 1.80. The van der Waals surface area contributed by atoms with E-state index in [0.717, 1.165) is 25.6 Å². The van der Waals surface area contributed by atoms with Crippen molar-refractivity contribution >= 4 is 0 Å². The van der Waals surface area contributed by atoms with E-state index in [0.29, 0.717) is 11.5 Å². The zero-order chi connectivity index (χ0) is 9.31. The van der Waals surface area contributed by atoms with Crippen LogP contribution in [0.5, 0.6) is 0 Å². The van der Waals surface area contributed by atoms with E-state index in [1.54, 1.807) is 0 Å². The molecule has 0 aliphatic carbocycles. The normalized spacial score (nSPS) is 39.2. The SMILES string of the molecule is CC1(C)CNCC2OCCCC2C1. The van der Waals surface area contributed by atoms with Gasteiger partial charge in [0, 0.05) is 19.7 Å². The minimum absolute atomic E-state index is 0.458. The van der Waals surface area contributed by atoms with Crippen molar-refractivity contribution in [2.45, 2.75) is 39.2 Å². The average Bonchev–Trinajstić information content (AvgIpc) is 2.21. The van der Waals surface area contributed by atoms with Crippen LogP contribution in [-0.4, -0.2) is 25.8 Å². The summed E-state index contributed by atoms with van der Waals surface area (Å²) in [5.41, 5.74) is 0.458.